The number of hydrogen-bond acceptors (Lipinski definition) is 3. The van der Waals surface area contributed by atoms with Crippen LogP contribution in [0.5, 0.6) is 0 Å². The summed E-state index contributed by atoms with van der Waals surface area (Å²) in [5.41, 5.74) is 1.87. The minimum absolute atomic E-state index is 0.136. The topological polar surface area (TPSA) is 67.4 Å². The van der Waals surface area contributed by atoms with E-state index in [1.165, 1.54) is 0 Å². The first-order valence-electron chi connectivity index (χ1n) is 8.76. The Morgan fingerprint density at radius 1 is 1.04 bits per heavy atom. The molecule has 6 heteroatoms. The van der Waals surface area contributed by atoms with Gasteiger partial charge in [0, 0.05) is 17.1 Å². The van der Waals surface area contributed by atoms with E-state index in [1.807, 2.05) is 39.8 Å². The highest BCUT2D eigenvalue weighted by Crippen LogP contribution is 2.17. The Kier molecular flexibility index (Phi) is 6.86. The van der Waals surface area contributed by atoms with Gasteiger partial charge in [0.25, 0.3) is 5.91 Å². The number of ether oxygens (including phenoxy) is 1. The summed E-state index contributed by atoms with van der Waals surface area (Å²) in [6, 6.07) is 14.3. The van der Waals surface area contributed by atoms with Crippen molar-refractivity contribution in [1.82, 2.24) is 10.6 Å². The van der Waals surface area contributed by atoms with Crippen LogP contribution in [0.3, 0.4) is 0 Å². The van der Waals surface area contributed by atoms with Gasteiger partial charge in [0.15, 0.2) is 0 Å². The maximum Gasteiger partial charge on any atom is 0.407 e. The molecule has 0 bridgehead atoms. The Hall–Kier alpha value is -2.53. The Morgan fingerprint density at radius 2 is 1.63 bits per heavy atom. The van der Waals surface area contributed by atoms with Crippen molar-refractivity contribution in [2.45, 2.75) is 45.9 Å². The van der Waals surface area contributed by atoms with Crippen LogP contribution in [-0.2, 0) is 11.3 Å². The molecule has 1 atom stereocenters. The van der Waals surface area contributed by atoms with Crippen molar-refractivity contribution in [2.24, 2.45) is 0 Å². The lowest BCUT2D eigenvalue weighted by molar-refractivity contribution is 0.0523. The fraction of sp³-hybridized carbons (Fsp3) is 0.333. The molecule has 0 fully saturated rings. The maximum atomic E-state index is 12.4. The van der Waals surface area contributed by atoms with Crippen LogP contribution in [0.2, 0.25) is 5.02 Å². The van der Waals surface area contributed by atoms with E-state index in [2.05, 4.69) is 10.6 Å². The summed E-state index contributed by atoms with van der Waals surface area (Å²) in [6.07, 6.45) is -0.471. The second-order valence-electron chi connectivity index (χ2n) is 7.30. The Bertz CT molecular complexity index is 781. The lowest BCUT2D eigenvalue weighted by Crippen LogP contribution is -2.32. The zero-order chi connectivity index (χ0) is 20.0. The van der Waals surface area contributed by atoms with Crippen LogP contribution >= 0.6 is 11.6 Å². The lowest BCUT2D eigenvalue weighted by Gasteiger charge is -2.19. The number of amides is 2. The number of alkyl carbamates (subject to hydrolysis) is 1. The fourth-order valence-corrected chi connectivity index (χ4v) is 2.50. The van der Waals surface area contributed by atoms with Gasteiger partial charge in [-0.25, -0.2) is 4.79 Å². The number of carbonyl (C=O) groups is 2. The van der Waals surface area contributed by atoms with Gasteiger partial charge in [-0.3, -0.25) is 4.79 Å². The monoisotopic (exact) mass is 388 g/mol. The van der Waals surface area contributed by atoms with E-state index in [1.54, 1.807) is 36.4 Å². The molecule has 0 saturated carbocycles. The zero-order valence-corrected chi connectivity index (χ0v) is 16.8. The Balaban J connectivity index is 1.89. The standard InChI is InChI=1S/C21H25ClN2O3/c1-14(16-9-11-18(22)12-10-16)24-19(25)17-7-5-15(6-8-17)13-23-20(26)27-21(2,3)4/h5-12,14H,13H2,1-4H3,(H,23,26)(H,24,25)/t14-/m0/s1. The molecule has 0 aliphatic rings. The molecule has 0 spiro atoms. The molecule has 0 aliphatic carbocycles. The van der Waals surface area contributed by atoms with Gasteiger partial charge in [-0.1, -0.05) is 35.9 Å². The normalized spacial score (nSPS) is 12.2. The van der Waals surface area contributed by atoms with Gasteiger partial charge >= 0.3 is 6.09 Å². The molecule has 144 valence electrons. The Labute approximate surface area is 165 Å². The third-order valence-electron chi connectivity index (χ3n) is 3.77. The lowest BCUT2D eigenvalue weighted by atomic mass is 10.1. The second kappa shape index (κ2) is 8.91. The number of hydrogen-bond donors (Lipinski definition) is 2. The molecule has 2 N–H and O–H groups in total. The summed E-state index contributed by atoms with van der Waals surface area (Å²) in [4.78, 5) is 24.1. The molecule has 2 aromatic rings. The first kappa shape index (κ1) is 20.8. The van der Waals surface area contributed by atoms with Gasteiger partial charge in [-0.15, -0.1) is 0 Å². The third kappa shape index (κ3) is 6.94. The molecule has 2 aromatic carbocycles. The van der Waals surface area contributed by atoms with E-state index in [0.29, 0.717) is 17.1 Å². The molecule has 2 amide bonds. The number of nitrogens with one attached hydrogen (secondary N) is 2. The summed E-state index contributed by atoms with van der Waals surface area (Å²) in [6.45, 7) is 7.68. The van der Waals surface area contributed by atoms with Crippen molar-refractivity contribution in [3.05, 3.63) is 70.2 Å². The van der Waals surface area contributed by atoms with Crippen molar-refractivity contribution >= 4 is 23.6 Å². The highest BCUT2D eigenvalue weighted by atomic mass is 35.5. The van der Waals surface area contributed by atoms with Crippen LogP contribution in [0, 0.1) is 0 Å². The van der Waals surface area contributed by atoms with Crippen molar-refractivity contribution in [3.63, 3.8) is 0 Å². The van der Waals surface area contributed by atoms with Gasteiger partial charge < -0.3 is 15.4 Å². The van der Waals surface area contributed by atoms with Crippen LogP contribution < -0.4 is 10.6 Å². The molecular formula is C21H25ClN2O3. The molecule has 0 heterocycles. The third-order valence-corrected chi connectivity index (χ3v) is 4.02. The van der Waals surface area contributed by atoms with Gasteiger partial charge in [-0.05, 0) is 63.1 Å². The minimum Gasteiger partial charge on any atom is -0.444 e. The predicted molar refractivity (Wildman–Crippen MR) is 107 cm³/mol. The second-order valence-corrected chi connectivity index (χ2v) is 7.74. The van der Waals surface area contributed by atoms with E-state index >= 15 is 0 Å². The average molecular weight is 389 g/mol. The quantitative estimate of drug-likeness (QED) is 0.768. The van der Waals surface area contributed by atoms with Crippen molar-refractivity contribution < 1.29 is 14.3 Å². The highest BCUT2D eigenvalue weighted by Gasteiger charge is 2.16. The van der Waals surface area contributed by atoms with E-state index < -0.39 is 11.7 Å². The van der Waals surface area contributed by atoms with Crippen LogP contribution in [0.4, 0.5) is 4.79 Å². The molecule has 0 aliphatic heterocycles. The molecule has 0 aromatic heterocycles. The van der Waals surface area contributed by atoms with E-state index in [0.717, 1.165) is 11.1 Å². The van der Waals surface area contributed by atoms with Crippen LogP contribution in [-0.4, -0.2) is 17.6 Å². The fourth-order valence-electron chi connectivity index (χ4n) is 2.38. The SMILES string of the molecule is C[C@H](NC(=O)c1ccc(CNC(=O)OC(C)(C)C)cc1)c1ccc(Cl)cc1. The number of rotatable bonds is 5. The number of carbonyl (C=O) groups excluding carboxylic acids is 2. The molecule has 0 radical (unpaired) electrons. The first-order chi connectivity index (χ1) is 12.6. The van der Waals surface area contributed by atoms with Crippen molar-refractivity contribution in [2.75, 3.05) is 0 Å². The first-order valence-corrected chi connectivity index (χ1v) is 9.14. The summed E-state index contributed by atoms with van der Waals surface area (Å²) in [5, 5.41) is 6.31. The summed E-state index contributed by atoms with van der Waals surface area (Å²) < 4.78 is 5.19. The number of benzene rings is 2. The molecule has 0 unspecified atom stereocenters. The van der Waals surface area contributed by atoms with Crippen molar-refractivity contribution in [1.29, 1.82) is 0 Å². The highest BCUT2D eigenvalue weighted by molar-refractivity contribution is 6.30. The van der Waals surface area contributed by atoms with E-state index in [9.17, 15) is 9.59 Å². The molecule has 0 saturated heterocycles. The largest absolute Gasteiger partial charge is 0.444 e. The molecule has 2 rings (SSSR count). The smallest absolute Gasteiger partial charge is 0.407 e. The molecular weight excluding hydrogens is 364 g/mol. The van der Waals surface area contributed by atoms with Crippen LogP contribution in [0.1, 0.15) is 55.2 Å². The van der Waals surface area contributed by atoms with Gasteiger partial charge in [0.2, 0.25) is 0 Å². The zero-order valence-electron chi connectivity index (χ0n) is 16.0. The van der Waals surface area contributed by atoms with Crippen LogP contribution in [0.15, 0.2) is 48.5 Å². The van der Waals surface area contributed by atoms with Gasteiger partial charge in [0.05, 0.1) is 6.04 Å². The predicted octanol–water partition coefficient (Wildman–Crippen LogP) is 4.86. The van der Waals surface area contributed by atoms with Gasteiger partial charge in [0.1, 0.15) is 5.60 Å². The van der Waals surface area contributed by atoms with Crippen LogP contribution in [0.25, 0.3) is 0 Å². The minimum atomic E-state index is -0.535. The van der Waals surface area contributed by atoms with E-state index in [-0.39, 0.29) is 11.9 Å². The summed E-state index contributed by atoms with van der Waals surface area (Å²) in [7, 11) is 0. The molecule has 5 nitrogen and oxygen atoms in total. The molecule has 27 heavy (non-hydrogen) atoms. The number of halogens is 1. The average Bonchev–Trinajstić information content (AvgIpc) is 2.59. The van der Waals surface area contributed by atoms with Crippen molar-refractivity contribution in [3.8, 4) is 0 Å². The maximum absolute atomic E-state index is 12.4. The summed E-state index contributed by atoms with van der Waals surface area (Å²) in [5.74, 6) is -0.163. The summed E-state index contributed by atoms with van der Waals surface area (Å²) >= 11 is 5.89. The van der Waals surface area contributed by atoms with E-state index in [4.69, 9.17) is 16.3 Å². The Morgan fingerprint density at radius 3 is 2.19 bits per heavy atom. The van der Waals surface area contributed by atoms with Gasteiger partial charge in [-0.2, -0.15) is 0 Å².